The average molecular weight is 482 g/mol. The number of nitrogens with one attached hydrogen (secondary N) is 1. The van der Waals surface area contributed by atoms with E-state index in [9.17, 15) is 9.59 Å². The molecule has 2 amide bonds. The topological polar surface area (TPSA) is 82.5 Å². The fourth-order valence-electron chi connectivity index (χ4n) is 5.04. The van der Waals surface area contributed by atoms with Gasteiger partial charge in [-0.1, -0.05) is 42.1 Å². The van der Waals surface area contributed by atoms with E-state index < -0.39 is 0 Å². The number of pyridine rings is 1. The van der Waals surface area contributed by atoms with Crippen molar-refractivity contribution in [2.45, 2.75) is 64.2 Å². The number of fused-ring (bicyclic) bond motifs is 2. The van der Waals surface area contributed by atoms with E-state index in [0.29, 0.717) is 12.8 Å². The Balaban J connectivity index is 1.40. The van der Waals surface area contributed by atoms with Crippen molar-refractivity contribution in [2.24, 2.45) is 0 Å². The Kier molecular flexibility index (Phi) is 8.35. The standard InChI is InChI=1S/C27H32ClN3O3/c28-22-11-12-23-21(18-22)10-9-20-6-5-15-29-27(20)26(23)19-13-16-31(17-14-19)25(33)8-4-2-1-3-7-24(32)30-34/h5-6,11-12,15,18,34H,1-4,7-10,13-14,16-17H2,(H,30,32). The molecule has 0 radical (unpaired) electrons. The lowest BCUT2D eigenvalue weighted by Gasteiger charge is -2.30. The number of carbonyl (C=O) groups excluding carboxylic acids is 2. The minimum absolute atomic E-state index is 0.212. The van der Waals surface area contributed by atoms with Crippen molar-refractivity contribution in [1.29, 1.82) is 0 Å². The van der Waals surface area contributed by atoms with E-state index in [1.54, 1.807) is 5.48 Å². The number of nitrogens with zero attached hydrogens (tertiary/aromatic N) is 2. The number of hydroxylamine groups is 1. The quantitative estimate of drug-likeness (QED) is 0.327. The lowest BCUT2D eigenvalue weighted by Crippen LogP contribution is -2.36. The zero-order valence-corrected chi connectivity index (χ0v) is 20.2. The minimum Gasteiger partial charge on any atom is -0.342 e. The van der Waals surface area contributed by atoms with Crippen LogP contribution in [0, 0.1) is 0 Å². The number of rotatable bonds is 7. The Morgan fingerprint density at radius 2 is 1.71 bits per heavy atom. The van der Waals surface area contributed by atoms with Gasteiger partial charge in [-0.05, 0) is 73.4 Å². The number of hydrogen-bond donors (Lipinski definition) is 2. The lowest BCUT2D eigenvalue weighted by atomic mass is 9.88. The largest absolute Gasteiger partial charge is 0.342 e. The predicted octanol–water partition coefficient (Wildman–Crippen LogP) is 5.10. The average Bonchev–Trinajstić information content (AvgIpc) is 3.02. The van der Waals surface area contributed by atoms with Crippen LogP contribution in [0.5, 0.6) is 0 Å². The highest BCUT2D eigenvalue weighted by Crippen LogP contribution is 2.38. The molecule has 180 valence electrons. The van der Waals surface area contributed by atoms with Crippen molar-refractivity contribution in [3.05, 3.63) is 69.5 Å². The third kappa shape index (κ3) is 5.86. The van der Waals surface area contributed by atoms with Gasteiger partial charge in [0.1, 0.15) is 0 Å². The highest BCUT2D eigenvalue weighted by atomic mass is 35.5. The number of unbranched alkanes of at least 4 members (excludes halogenated alkanes) is 3. The third-order valence-corrected chi connectivity index (χ3v) is 7.11. The van der Waals surface area contributed by atoms with Gasteiger partial charge in [0.05, 0.1) is 5.69 Å². The molecule has 1 aliphatic carbocycles. The second kappa shape index (κ2) is 11.6. The molecule has 4 rings (SSSR count). The molecule has 0 spiro atoms. The van der Waals surface area contributed by atoms with E-state index in [0.717, 1.165) is 75.2 Å². The number of aromatic nitrogens is 1. The maximum Gasteiger partial charge on any atom is 0.243 e. The van der Waals surface area contributed by atoms with Crippen LogP contribution in [0.3, 0.4) is 0 Å². The summed E-state index contributed by atoms with van der Waals surface area (Å²) in [5, 5.41) is 9.28. The van der Waals surface area contributed by atoms with Gasteiger partial charge in [-0.2, -0.15) is 0 Å². The second-order valence-corrected chi connectivity index (χ2v) is 9.56. The highest BCUT2D eigenvalue weighted by molar-refractivity contribution is 6.30. The molecule has 1 saturated heterocycles. The molecular weight excluding hydrogens is 450 g/mol. The van der Waals surface area contributed by atoms with Gasteiger partial charge < -0.3 is 4.90 Å². The zero-order valence-electron chi connectivity index (χ0n) is 19.5. The van der Waals surface area contributed by atoms with E-state index in [4.69, 9.17) is 21.8 Å². The number of carbonyl (C=O) groups is 2. The molecule has 2 heterocycles. The van der Waals surface area contributed by atoms with Gasteiger partial charge in [0, 0.05) is 42.7 Å². The summed E-state index contributed by atoms with van der Waals surface area (Å²) in [5.74, 6) is -0.143. The zero-order chi connectivity index (χ0) is 23.9. The Hall–Kier alpha value is -2.70. The summed E-state index contributed by atoms with van der Waals surface area (Å²) in [6.07, 6.45) is 9.69. The third-order valence-electron chi connectivity index (χ3n) is 6.87. The molecule has 0 unspecified atom stereocenters. The first kappa shape index (κ1) is 24.4. The van der Waals surface area contributed by atoms with Crippen LogP contribution in [0.25, 0.3) is 5.57 Å². The van der Waals surface area contributed by atoms with Gasteiger partial charge in [0.15, 0.2) is 0 Å². The van der Waals surface area contributed by atoms with E-state index in [2.05, 4.69) is 18.2 Å². The summed E-state index contributed by atoms with van der Waals surface area (Å²) in [4.78, 5) is 30.5. The molecule has 1 aromatic carbocycles. The summed E-state index contributed by atoms with van der Waals surface area (Å²) in [7, 11) is 0. The maximum atomic E-state index is 12.7. The van der Waals surface area contributed by atoms with Crippen LogP contribution in [-0.2, 0) is 22.4 Å². The molecule has 0 bridgehead atoms. The van der Waals surface area contributed by atoms with Crippen LogP contribution in [0.4, 0.5) is 0 Å². The summed E-state index contributed by atoms with van der Waals surface area (Å²) in [6.45, 7) is 1.47. The van der Waals surface area contributed by atoms with Crippen molar-refractivity contribution in [1.82, 2.24) is 15.4 Å². The number of benzene rings is 1. The number of amides is 2. The molecule has 1 aliphatic heterocycles. The van der Waals surface area contributed by atoms with Gasteiger partial charge in [-0.3, -0.25) is 19.8 Å². The summed E-state index contributed by atoms with van der Waals surface area (Å²) >= 11 is 6.32. The Morgan fingerprint density at radius 1 is 0.971 bits per heavy atom. The van der Waals surface area contributed by atoms with Crippen LogP contribution in [-0.4, -0.2) is 40.0 Å². The van der Waals surface area contributed by atoms with Gasteiger partial charge in [0.25, 0.3) is 0 Å². The van der Waals surface area contributed by atoms with Gasteiger partial charge in [-0.15, -0.1) is 0 Å². The maximum absolute atomic E-state index is 12.7. The number of halogens is 1. The van der Waals surface area contributed by atoms with Crippen LogP contribution < -0.4 is 5.48 Å². The number of piperidine rings is 1. The molecule has 1 fully saturated rings. The molecule has 2 aliphatic rings. The lowest BCUT2D eigenvalue weighted by molar-refractivity contribution is -0.132. The monoisotopic (exact) mass is 481 g/mol. The smallest absolute Gasteiger partial charge is 0.243 e. The normalized spacial score (nSPS) is 15.4. The first-order valence-corrected chi connectivity index (χ1v) is 12.6. The van der Waals surface area contributed by atoms with Crippen molar-refractivity contribution in [3.63, 3.8) is 0 Å². The molecule has 0 saturated carbocycles. The minimum atomic E-state index is -0.355. The summed E-state index contributed by atoms with van der Waals surface area (Å²) in [6, 6.07) is 10.4. The first-order valence-electron chi connectivity index (χ1n) is 12.2. The van der Waals surface area contributed by atoms with Gasteiger partial charge >= 0.3 is 0 Å². The summed E-state index contributed by atoms with van der Waals surface area (Å²) < 4.78 is 0. The van der Waals surface area contributed by atoms with Crippen LogP contribution in [0.15, 0.2) is 42.1 Å². The van der Waals surface area contributed by atoms with E-state index >= 15 is 0 Å². The number of hydrogen-bond acceptors (Lipinski definition) is 4. The second-order valence-electron chi connectivity index (χ2n) is 9.12. The van der Waals surface area contributed by atoms with E-state index in [1.807, 2.05) is 23.2 Å². The fraction of sp³-hybridized carbons (Fsp3) is 0.444. The Labute approximate surface area is 206 Å². The van der Waals surface area contributed by atoms with Crippen LogP contribution in [0.1, 0.15) is 73.8 Å². The van der Waals surface area contributed by atoms with Crippen LogP contribution in [0.2, 0.25) is 5.02 Å². The molecule has 7 heteroatoms. The Morgan fingerprint density at radius 3 is 2.47 bits per heavy atom. The molecular formula is C27H32ClN3O3. The molecule has 0 atom stereocenters. The van der Waals surface area contributed by atoms with Gasteiger partial charge in [-0.25, -0.2) is 5.48 Å². The number of likely N-dealkylation sites (tertiary alicyclic amines) is 1. The first-order chi connectivity index (χ1) is 16.6. The van der Waals surface area contributed by atoms with Crippen molar-refractivity contribution in [2.75, 3.05) is 13.1 Å². The van der Waals surface area contributed by atoms with Gasteiger partial charge in [0.2, 0.25) is 11.8 Å². The highest BCUT2D eigenvalue weighted by Gasteiger charge is 2.26. The molecule has 1 aromatic heterocycles. The van der Waals surface area contributed by atoms with E-state index in [1.165, 1.54) is 27.8 Å². The molecule has 2 N–H and O–H groups in total. The van der Waals surface area contributed by atoms with Crippen molar-refractivity contribution >= 4 is 29.0 Å². The Bertz CT molecular complexity index is 1070. The molecule has 2 aromatic rings. The predicted molar refractivity (Wildman–Crippen MR) is 133 cm³/mol. The van der Waals surface area contributed by atoms with E-state index in [-0.39, 0.29) is 11.8 Å². The number of aryl methyl sites for hydroxylation is 2. The fourth-order valence-corrected chi connectivity index (χ4v) is 5.23. The summed E-state index contributed by atoms with van der Waals surface area (Å²) in [5.41, 5.74) is 9.10. The van der Waals surface area contributed by atoms with Crippen molar-refractivity contribution in [3.8, 4) is 0 Å². The molecule has 6 nitrogen and oxygen atoms in total. The molecule has 34 heavy (non-hydrogen) atoms. The van der Waals surface area contributed by atoms with Crippen LogP contribution >= 0.6 is 11.6 Å². The van der Waals surface area contributed by atoms with Crippen molar-refractivity contribution < 1.29 is 14.8 Å². The SMILES string of the molecule is O=C(CCCCCCC(=O)N1CCC(=C2c3ccc(Cl)cc3CCc3cccnc32)CC1)NO.